The standard InChI is InChI=1S/C24H32N2O5S/c1-16(2)6-15-22(27)25-20-11-7-18(8-12-20)19-9-13-21(14-10-19)32(30,31)26(5)23(17(3)4)24(28)29/h7-14,16-17,23H,6,15H2,1-5H3,(H,25,27)(H,28,29)/t23-/m0/s1. The van der Waals surface area contributed by atoms with Crippen molar-refractivity contribution in [1.82, 2.24) is 4.31 Å². The number of likely N-dealkylation sites (N-methyl/N-ethyl adjacent to an activating group) is 1. The molecule has 0 aliphatic rings. The molecule has 8 heteroatoms. The fourth-order valence-electron chi connectivity index (χ4n) is 3.38. The van der Waals surface area contributed by atoms with E-state index in [1.54, 1.807) is 38.1 Å². The average Bonchev–Trinajstić information content (AvgIpc) is 2.72. The predicted molar refractivity (Wildman–Crippen MR) is 126 cm³/mol. The number of rotatable bonds is 10. The van der Waals surface area contributed by atoms with Crippen molar-refractivity contribution in [3.05, 3.63) is 48.5 Å². The SMILES string of the molecule is CC(C)CCC(=O)Nc1ccc(-c2ccc(S(=O)(=O)N(C)[C@H](C(=O)O)C(C)C)cc2)cc1. The molecule has 1 atom stereocenters. The third-order valence-electron chi connectivity index (χ3n) is 5.26. The normalized spacial score (nSPS) is 12.9. The number of carboxylic acid groups (broad SMARTS) is 1. The number of nitrogens with zero attached hydrogens (tertiary/aromatic N) is 1. The highest BCUT2D eigenvalue weighted by molar-refractivity contribution is 7.89. The van der Waals surface area contributed by atoms with Crippen molar-refractivity contribution in [3.63, 3.8) is 0 Å². The molecule has 0 aliphatic carbocycles. The lowest BCUT2D eigenvalue weighted by molar-refractivity contribution is -0.142. The lowest BCUT2D eigenvalue weighted by Crippen LogP contribution is -2.45. The predicted octanol–water partition coefficient (Wildman–Crippen LogP) is 4.46. The third kappa shape index (κ3) is 6.40. The lowest BCUT2D eigenvalue weighted by atomic mass is 10.1. The van der Waals surface area contributed by atoms with Gasteiger partial charge in [-0.1, -0.05) is 52.0 Å². The second-order valence-corrected chi connectivity index (χ2v) is 10.6. The number of hydrogen-bond acceptors (Lipinski definition) is 4. The van der Waals surface area contributed by atoms with Crippen LogP contribution in [0.1, 0.15) is 40.5 Å². The van der Waals surface area contributed by atoms with Gasteiger partial charge in [-0.05, 0) is 53.6 Å². The molecule has 1 amide bonds. The average molecular weight is 461 g/mol. The smallest absolute Gasteiger partial charge is 0.322 e. The summed E-state index contributed by atoms with van der Waals surface area (Å²) in [6.45, 7) is 7.49. The topological polar surface area (TPSA) is 104 Å². The maximum Gasteiger partial charge on any atom is 0.322 e. The number of aliphatic carboxylic acids is 1. The molecule has 0 unspecified atom stereocenters. The van der Waals surface area contributed by atoms with Gasteiger partial charge in [0.25, 0.3) is 0 Å². The molecule has 2 N–H and O–H groups in total. The van der Waals surface area contributed by atoms with Gasteiger partial charge in [-0.2, -0.15) is 4.31 Å². The monoisotopic (exact) mass is 460 g/mol. The van der Waals surface area contributed by atoms with Crippen molar-refractivity contribution in [2.24, 2.45) is 11.8 Å². The summed E-state index contributed by atoms with van der Waals surface area (Å²) < 4.78 is 26.7. The molecule has 2 aromatic carbocycles. The molecule has 174 valence electrons. The van der Waals surface area contributed by atoms with Crippen molar-refractivity contribution in [2.75, 3.05) is 12.4 Å². The second-order valence-electron chi connectivity index (χ2n) is 8.63. The summed E-state index contributed by atoms with van der Waals surface area (Å²) in [6, 6.07) is 12.5. The Hall–Kier alpha value is -2.71. The van der Waals surface area contributed by atoms with Crippen LogP contribution in [0.25, 0.3) is 11.1 Å². The number of benzene rings is 2. The van der Waals surface area contributed by atoms with Crippen LogP contribution in [-0.2, 0) is 19.6 Å². The minimum absolute atomic E-state index is 0.0220. The Bertz CT molecular complexity index is 1030. The first kappa shape index (κ1) is 25.5. The molecular weight excluding hydrogens is 428 g/mol. The summed E-state index contributed by atoms with van der Waals surface area (Å²) in [7, 11) is -2.67. The van der Waals surface area contributed by atoms with Gasteiger partial charge in [0.15, 0.2) is 0 Å². The summed E-state index contributed by atoms with van der Waals surface area (Å²) in [5, 5.41) is 12.3. The van der Waals surface area contributed by atoms with Gasteiger partial charge < -0.3 is 10.4 Å². The Morgan fingerprint density at radius 3 is 1.88 bits per heavy atom. The van der Waals surface area contributed by atoms with Gasteiger partial charge in [-0.3, -0.25) is 9.59 Å². The molecule has 0 saturated heterocycles. The number of hydrogen-bond donors (Lipinski definition) is 2. The summed E-state index contributed by atoms with van der Waals surface area (Å²) >= 11 is 0. The van der Waals surface area contributed by atoms with Crippen molar-refractivity contribution >= 4 is 27.6 Å². The fourth-order valence-corrected chi connectivity index (χ4v) is 4.83. The van der Waals surface area contributed by atoms with E-state index in [2.05, 4.69) is 19.2 Å². The zero-order valence-electron chi connectivity index (χ0n) is 19.2. The molecule has 32 heavy (non-hydrogen) atoms. The molecule has 0 aromatic heterocycles. The first-order chi connectivity index (χ1) is 14.9. The molecule has 0 spiro atoms. The van der Waals surface area contributed by atoms with Crippen LogP contribution in [0.5, 0.6) is 0 Å². The van der Waals surface area contributed by atoms with Gasteiger partial charge in [0.05, 0.1) is 4.90 Å². The number of carbonyl (C=O) groups excluding carboxylic acids is 1. The summed E-state index contributed by atoms with van der Waals surface area (Å²) in [5.74, 6) is -1.11. The van der Waals surface area contributed by atoms with Gasteiger partial charge in [-0.25, -0.2) is 8.42 Å². The lowest BCUT2D eigenvalue weighted by Gasteiger charge is -2.27. The van der Waals surface area contributed by atoms with Gasteiger partial charge in [0.1, 0.15) is 6.04 Å². The molecular formula is C24H32N2O5S. The molecule has 0 aliphatic heterocycles. The molecule has 0 radical (unpaired) electrons. The first-order valence-electron chi connectivity index (χ1n) is 10.6. The highest BCUT2D eigenvalue weighted by Crippen LogP contribution is 2.26. The number of carbonyl (C=O) groups is 2. The van der Waals surface area contributed by atoms with Crippen LogP contribution < -0.4 is 5.32 Å². The Morgan fingerprint density at radius 1 is 0.938 bits per heavy atom. The molecule has 7 nitrogen and oxygen atoms in total. The number of amides is 1. The van der Waals surface area contributed by atoms with E-state index in [4.69, 9.17) is 0 Å². The maximum atomic E-state index is 12.9. The first-order valence-corrected chi connectivity index (χ1v) is 12.1. The van der Waals surface area contributed by atoms with Crippen molar-refractivity contribution in [3.8, 4) is 11.1 Å². The van der Waals surface area contributed by atoms with E-state index in [9.17, 15) is 23.1 Å². The fraction of sp³-hybridized carbons (Fsp3) is 0.417. The van der Waals surface area contributed by atoms with E-state index in [1.165, 1.54) is 19.2 Å². The zero-order valence-corrected chi connectivity index (χ0v) is 20.0. The summed E-state index contributed by atoms with van der Waals surface area (Å²) in [5.41, 5.74) is 2.38. The highest BCUT2D eigenvalue weighted by Gasteiger charge is 2.34. The number of sulfonamides is 1. The van der Waals surface area contributed by atoms with E-state index in [0.29, 0.717) is 18.0 Å². The van der Waals surface area contributed by atoms with E-state index < -0.39 is 22.0 Å². The molecule has 0 bridgehead atoms. The minimum Gasteiger partial charge on any atom is -0.480 e. The number of nitrogens with one attached hydrogen (secondary N) is 1. The molecule has 0 fully saturated rings. The quantitative estimate of drug-likeness (QED) is 0.545. The number of anilines is 1. The molecule has 0 saturated carbocycles. The van der Waals surface area contributed by atoms with E-state index in [-0.39, 0.29) is 16.7 Å². The van der Waals surface area contributed by atoms with Crippen molar-refractivity contribution in [1.29, 1.82) is 0 Å². The van der Waals surface area contributed by atoms with Crippen LogP contribution in [-0.4, -0.2) is 42.8 Å². The molecule has 2 aromatic rings. The Morgan fingerprint density at radius 2 is 1.44 bits per heavy atom. The largest absolute Gasteiger partial charge is 0.480 e. The van der Waals surface area contributed by atoms with E-state index in [1.807, 2.05) is 12.1 Å². The minimum atomic E-state index is -3.95. The Labute approximate surface area is 190 Å². The maximum absolute atomic E-state index is 12.9. The van der Waals surface area contributed by atoms with Crippen molar-refractivity contribution in [2.45, 2.75) is 51.5 Å². The Balaban J connectivity index is 2.15. The van der Waals surface area contributed by atoms with Crippen LogP contribution in [0.2, 0.25) is 0 Å². The van der Waals surface area contributed by atoms with Crippen LogP contribution in [0.4, 0.5) is 5.69 Å². The van der Waals surface area contributed by atoms with Crippen molar-refractivity contribution < 1.29 is 23.1 Å². The summed E-state index contributed by atoms with van der Waals surface area (Å²) in [6.07, 6.45) is 1.31. The zero-order chi connectivity index (χ0) is 24.1. The Kier molecular flexibility index (Phi) is 8.58. The van der Waals surface area contributed by atoms with E-state index >= 15 is 0 Å². The number of carboxylic acids is 1. The van der Waals surface area contributed by atoms with Gasteiger partial charge in [0.2, 0.25) is 15.9 Å². The van der Waals surface area contributed by atoms with Gasteiger partial charge in [0, 0.05) is 19.2 Å². The van der Waals surface area contributed by atoms with Crippen LogP contribution in [0.3, 0.4) is 0 Å². The third-order valence-corrected chi connectivity index (χ3v) is 7.11. The van der Waals surface area contributed by atoms with Crippen LogP contribution >= 0.6 is 0 Å². The highest BCUT2D eigenvalue weighted by atomic mass is 32.2. The van der Waals surface area contributed by atoms with Crippen LogP contribution in [0.15, 0.2) is 53.4 Å². The summed E-state index contributed by atoms with van der Waals surface area (Å²) in [4.78, 5) is 23.5. The second kappa shape index (κ2) is 10.7. The van der Waals surface area contributed by atoms with E-state index in [0.717, 1.165) is 21.9 Å². The van der Waals surface area contributed by atoms with Crippen LogP contribution in [0, 0.1) is 11.8 Å². The van der Waals surface area contributed by atoms with Gasteiger partial charge in [-0.15, -0.1) is 0 Å². The molecule has 2 rings (SSSR count). The van der Waals surface area contributed by atoms with Gasteiger partial charge >= 0.3 is 5.97 Å². The molecule has 0 heterocycles.